The molecule has 5 heterocycles. The van der Waals surface area contributed by atoms with Gasteiger partial charge in [-0.3, -0.25) is 4.57 Å². The van der Waals surface area contributed by atoms with Crippen LogP contribution in [0.25, 0.3) is 39.0 Å². The topological polar surface area (TPSA) is 77.7 Å². The zero-order chi connectivity index (χ0) is 23.2. The fourth-order valence-corrected chi connectivity index (χ4v) is 4.94. The first-order valence-corrected chi connectivity index (χ1v) is 11.8. The predicted molar refractivity (Wildman–Crippen MR) is 133 cm³/mol. The first kappa shape index (κ1) is 20.9. The molecule has 0 spiro atoms. The molecule has 0 atom stereocenters. The van der Waals surface area contributed by atoms with E-state index in [4.69, 9.17) is 9.72 Å². The molecule has 0 bridgehead atoms. The molecule has 34 heavy (non-hydrogen) atoms. The van der Waals surface area contributed by atoms with Gasteiger partial charge in [0.1, 0.15) is 5.65 Å². The Balaban J connectivity index is 1.53. The van der Waals surface area contributed by atoms with Gasteiger partial charge in [0, 0.05) is 54.4 Å². The van der Waals surface area contributed by atoms with Gasteiger partial charge in [-0.1, -0.05) is 18.2 Å². The summed E-state index contributed by atoms with van der Waals surface area (Å²) in [6, 6.07) is 14.0. The Labute approximate surface area is 197 Å². The summed E-state index contributed by atoms with van der Waals surface area (Å²) in [7, 11) is 0. The van der Waals surface area contributed by atoms with E-state index in [-0.39, 0.29) is 5.69 Å². The highest BCUT2D eigenvalue weighted by molar-refractivity contribution is 5.87. The summed E-state index contributed by atoms with van der Waals surface area (Å²) in [5.74, 6) is 0.411. The summed E-state index contributed by atoms with van der Waals surface area (Å²) >= 11 is 0. The van der Waals surface area contributed by atoms with Gasteiger partial charge < -0.3 is 9.72 Å². The van der Waals surface area contributed by atoms with Gasteiger partial charge in [-0.2, -0.15) is 0 Å². The van der Waals surface area contributed by atoms with Crippen LogP contribution >= 0.6 is 0 Å². The molecule has 1 aromatic carbocycles. The van der Waals surface area contributed by atoms with Crippen LogP contribution in [-0.4, -0.2) is 37.3 Å². The van der Waals surface area contributed by atoms with Crippen molar-refractivity contribution in [2.24, 2.45) is 5.92 Å². The van der Waals surface area contributed by atoms with Gasteiger partial charge in [-0.15, -0.1) is 0 Å². The van der Waals surface area contributed by atoms with Crippen LogP contribution in [0.15, 0.2) is 59.7 Å². The molecule has 5 aromatic rings. The summed E-state index contributed by atoms with van der Waals surface area (Å²) in [5, 5.41) is 1.11. The standard InChI is InChI=1S/C27H27N5O2/c1-17-18(2)30-25-23(17)12-20(14-28-25)21-13-24-26(29-15-21)32(22-6-4-3-5-7-22)27(33)31(24)16-19-8-10-34-11-9-19/h3-7,12-15,19H,8-11,16H2,1-2H3,(H,28,30). The number of rotatable bonds is 4. The van der Waals surface area contributed by atoms with Gasteiger partial charge in [-0.25, -0.2) is 19.3 Å². The lowest BCUT2D eigenvalue weighted by molar-refractivity contribution is 0.0613. The number of hydrogen-bond acceptors (Lipinski definition) is 4. The van der Waals surface area contributed by atoms with E-state index < -0.39 is 0 Å². The quantitative estimate of drug-likeness (QED) is 0.425. The second kappa shape index (κ2) is 8.25. The normalized spacial score (nSPS) is 14.9. The lowest BCUT2D eigenvalue weighted by Gasteiger charge is -2.22. The zero-order valence-electron chi connectivity index (χ0n) is 19.4. The monoisotopic (exact) mass is 453 g/mol. The van der Waals surface area contributed by atoms with Crippen molar-refractivity contribution in [3.63, 3.8) is 0 Å². The van der Waals surface area contributed by atoms with E-state index in [0.717, 1.165) is 65.1 Å². The molecule has 1 aliphatic rings. The third-order valence-corrected chi connectivity index (χ3v) is 7.06. The number of fused-ring (bicyclic) bond motifs is 2. The molecule has 1 N–H and O–H groups in total. The Hall–Kier alpha value is -3.71. The van der Waals surface area contributed by atoms with Gasteiger partial charge in [0.25, 0.3) is 0 Å². The molecule has 172 valence electrons. The molecule has 1 aliphatic heterocycles. The molecular formula is C27H27N5O2. The summed E-state index contributed by atoms with van der Waals surface area (Å²) in [6.07, 6.45) is 5.64. The van der Waals surface area contributed by atoms with E-state index in [1.54, 1.807) is 4.57 Å². The molecule has 0 unspecified atom stereocenters. The molecular weight excluding hydrogens is 426 g/mol. The van der Waals surface area contributed by atoms with Crippen molar-refractivity contribution in [2.45, 2.75) is 33.2 Å². The minimum atomic E-state index is -0.0528. The van der Waals surface area contributed by atoms with E-state index in [2.05, 4.69) is 35.9 Å². The minimum absolute atomic E-state index is 0.0528. The van der Waals surface area contributed by atoms with Crippen LogP contribution in [0.3, 0.4) is 0 Å². The van der Waals surface area contributed by atoms with Gasteiger partial charge >= 0.3 is 5.69 Å². The Morgan fingerprint density at radius 2 is 1.76 bits per heavy atom. The number of aromatic nitrogens is 5. The molecule has 6 rings (SSSR count). The third kappa shape index (κ3) is 3.44. The van der Waals surface area contributed by atoms with Crippen molar-refractivity contribution in [3.05, 3.63) is 76.6 Å². The molecule has 1 fully saturated rings. The smallest absolute Gasteiger partial charge is 0.334 e. The number of nitrogens with zero attached hydrogens (tertiary/aromatic N) is 4. The number of pyridine rings is 2. The molecule has 4 aromatic heterocycles. The summed E-state index contributed by atoms with van der Waals surface area (Å²) < 4.78 is 9.16. The lowest BCUT2D eigenvalue weighted by atomic mass is 10.0. The van der Waals surface area contributed by atoms with Crippen molar-refractivity contribution in [1.29, 1.82) is 0 Å². The fraction of sp³-hybridized carbons (Fsp3) is 0.296. The number of hydrogen-bond donors (Lipinski definition) is 1. The van der Waals surface area contributed by atoms with Crippen LogP contribution in [0, 0.1) is 19.8 Å². The largest absolute Gasteiger partial charge is 0.381 e. The summed E-state index contributed by atoms with van der Waals surface area (Å²) in [6.45, 7) is 6.33. The second-order valence-electron chi connectivity index (χ2n) is 9.18. The van der Waals surface area contributed by atoms with Crippen molar-refractivity contribution >= 4 is 22.2 Å². The Bertz CT molecular complexity index is 1560. The molecule has 0 amide bonds. The Kier molecular flexibility index (Phi) is 5.07. The van der Waals surface area contributed by atoms with E-state index >= 15 is 0 Å². The van der Waals surface area contributed by atoms with Crippen LogP contribution in [0.5, 0.6) is 0 Å². The van der Waals surface area contributed by atoms with Crippen molar-refractivity contribution in [3.8, 4) is 16.8 Å². The molecule has 0 aliphatic carbocycles. The van der Waals surface area contributed by atoms with Crippen LogP contribution in [0.2, 0.25) is 0 Å². The van der Waals surface area contributed by atoms with Gasteiger partial charge in [0.2, 0.25) is 0 Å². The van der Waals surface area contributed by atoms with E-state index in [9.17, 15) is 4.79 Å². The number of aryl methyl sites for hydroxylation is 2. The summed E-state index contributed by atoms with van der Waals surface area (Å²) in [4.78, 5) is 26.4. The average molecular weight is 454 g/mol. The van der Waals surface area contributed by atoms with E-state index in [1.807, 2.05) is 47.3 Å². The third-order valence-electron chi connectivity index (χ3n) is 7.06. The highest BCUT2D eigenvalue weighted by atomic mass is 16.5. The molecule has 7 nitrogen and oxygen atoms in total. The number of aromatic amines is 1. The molecule has 0 saturated carbocycles. The maximum atomic E-state index is 13.7. The van der Waals surface area contributed by atoms with Crippen molar-refractivity contribution in [1.82, 2.24) is 24.1 Å². The highest BCUT2D eigenvalue weighted by Gasteiger charge is 2.21. The number of H-pyrrole nitrogens is 1. The fourth-order valence-electron chi connectivity index (χ4n) is 4.94. The van der Waals surface area contributed by atoms with Crippen molar-refractivity contribution in [2.75, 3.05) is 13.2 Å². The maximum Gasteiger partial charge on any atom is 0.334 e. The predicted octanol–water partition coefficient (Wildman–Crippen LogP) is 4.77. The van der Waals surface area contributed by atoms with Crippen LogP contribution < -0.4 is 5.69 Å². The number of ether oxygens (including phenoxy) is 1. The van der Waals surface area contributed by atoms with Gasteiger partial charge in [0.05, 0.1) is 11.2 Å². The summed E-state index contributed by atoms with van der Waals surface area (Å²) in [5.41, 5.74) is 7.44. The number of imidazole rings is 1. The first-order chi connectivity index (χ1) is 16.6. The highest BCUT2D eigenvalue weighted by Crippen LogP contribution is 2.29. The Morgan fingerprint density at radius 1 is 1.03 bits per heavy atom. The zero-order valence-corrected chi connectivity index (χ0v) is 19.4. The van der Waals surface area contributed by atoms with E-state index in [1.165, 1.54) is 5.56 Å². The van der Waals surface area contributed by atoms with Crippen LogP contribution in [-0.2, 0) is 11.3 Å². The molecule has 0 radical (unpaired) electrons. The first-order valence-electron chi connectivity index (χ1n) is 11.8. The Morgan fingerprint density at radius 3 is 2.56 bits per heavy atom. The minimum Gasteiger partial charge on any atom is -0.381 e. The van der Waals surface area contributed by atoms with Crippen LogP contribution in [0.1, 0.15) is 24.1 Å². The van der Waals surface area contributed by atoms with Gasteiger partial charge in [0.15, 0.2) is 5.65 Å². The average Bonchev–Trinajstić information content (AvgIpc) is 3.31. The maximum absolute atomic E-state index is 13.7. The van der Waals surface area contributed by atoms with E-state index in [0.29, 0.717) is 18.1 Å². The van der Waals surface area contributed by atoms with Crippen LogP contribution in [0.4, 0.5) is 0 Å². The van der Waals surface area contributed by atoms with Crippen molar-refractivity contribution < 1.29 is 4.74 Å². The molecule has 1 saturated heterocycles. The number of para-hydroxylation sites is 1. The number of nitrogens with one attached hydrogen (secondary N) is 1. The SMILES string of the molecule is Cc1[nH]c2ncc(-c3cnc4c(c3)n(CC3CCOCC3)c(=O)n4-c3ccccc3)cc2c1C. The second-order valence-corrected chi connectivity index (χ2v) is 9.18. The lowest BCUT2D eigenvalue weighted by Crippen LogP contribution is -2.28. The molecule has 7 heteroatoms. The number of benzene rings is 1. The van der Waals surface area contributed by atoms with Gasteiger partial charge in [-0.05, 0) is 62.4 Å².